The highest BCUT2D eigenvalue weighted by atomic mass is 79.9. The van der Waals surface area contributed by atoms with Gasteiger partial charge in [-0.1, -0.05) is 41.1 Å². The van der Waals surface area contributed by atoms with E-state index in [-0.39, 0.29) is 11.9 Å². The third-order valence-electron chi connectivity index (χ3n) is 3.13. The zero-order valence-corrected chi connectivity index (χ0v) is 14.3. The van der Waals surface area contributed by atoms with E-state index in [1.807, 2.05) is 24.3 Å². The maximum Gasteiger partial charge on any atom is 0.137 e. The second kappa shape index (κ2) is 7.34. The van der Waals surface area contributed by atoms with E-state index >= 15 is 0 Å². The normalized spacial score (nSPS) is 12.4. The Morgan fingerprint density at radius 3 is 2.60 bits per heavy atom. The molecule has 2 aromatic carbocycles. The molecule has 0 amide bonds. The predicted molar refractivity (Wildman–Crippen MR) is 88.4 cm³/mol. The van der Waals surface area contributed by atoms with Gasteiger partial charge in [-0.05, 0) is 64.3 Å². The van der Waals surface area contributed by atoms with Gasteiger partial charge in [-0.25, -0.2) is 4.39 Å². The van der Waals surface area contributed by atoms with Crippen LogP contribution < -0.4 is 5.32 Å². The monoisotopic (exact) mass is 399 g/mol. The van der Waals surface area contributed by atoms with Crippen molar-refractivity contribution in [3.05, 3.63) is 68.4 Å². The van der Waals surface area contributed by atoms with Crippen molar-refractivity contribution >= 4 is 31.9 Å². The van der Waals surface area contributed by atoms with Gasteiger partial charge in [-0.15, -0.1) is 0 Å². The Hall–Kier alpha value is -0.710. The van der Waals surface area contributed by atoms with Crippen LogP contribution in [0.1, 0.15) is 24.1 Å². The number of rotatable bonds is 5. The Labute approximate surface area is 135 Å². The first-order valence-electron chi connectivity index (χ1n) is 6.53. The van der Waals surface area contributed by atoms with Crippen LogP contribution in [-0.2, 0) is 6.42 Å². The molecule has 0 saturated heterocycles. The number of nitrogens with one attached hydrogen (secondary N) is 1. The second-order valence-electron chi connectivity index (χ2n) is 4.62. The summed E-state index contributed by atoms with van der Waals surface area (Å²) in [7, 11) is 0. The van der Waals surface area contributed by atoms with E-state index in [4.69, 9.17) is 0 Å². The summed E-state index contributed by atoms with van der Waals surface area (Å²) in [6, 6.07) is 13.6. The maximum atomic E-state index is 13.4. The van der Waals surface area contributed by atoms with Gasteiger partial charge < -0.3 is 5.32 Å². The van der Waals surface area contributed by atoms with Crippen LogP contribution in [-0.4, -0.2) is 6.54 Å². The minimum atomic E-state index is -0.230. The number of halogens is 3. The van der Waals surface area contributed by atoms with Gasteiger partial charge in [0.1, 0.15) is 5.82 Å². The number of benzene rings is 2. The summed E-state index contributed by atoms with van der Waals surface area (Å²) in [6.45, 7) is 2.94. The Bertz CT molecular complexity index is 586. The molecule has 1 unspecified atom stereocenters. The van der Waals surface area contributed by atoms with Gasteiger partial charge in [0.2, 0.25) is 0 Å². The molecular formula is C16H16Br2FN. The fraction of sp³-hybridized carbons (Fsp3) is 0.250. The molecule has 2 rings (SSSR count). The van der Waals surface area contributed by atoms with Gasteiger partial charge in [0, 0.05) is 10.5 Å². The summed E-state index contributed by atoms with van der Waals surface area (Å²) in [4.78, 5) is 0. The first kappa shape index (κ1) is 15.7. The zero-order valence-electron chi connectivity index (χ0n) is 11.2. The maximum absolute atomic E-state index is 13.4. The van der Waals surface area contributed by atoms with Crippen LogP contribution in [0.25, 0.3) is 0 Å². The van der Waals surface area contributed by atoms with Gasteiger partial charge in [-0.3, -0.25) is 0 Å². The summed E-state index contributed by atoms with van der Waals surface area (Å²) < 4.78 is 14.9. The number of likely N-dealkylation sites (N-methyl/N-ethyl adjacent to an activating group) is 1. The van der Waals surface area contributed by atoms with E-state index in [0.29, 0.717) is 4.47 Å². The molecule has 0 aliphatic rings. The third-order valence-corrected chi connectivity index (χ3v) is 4.23. The zero-order chi connectivity index (χ0) is 14.5. The van der Waals surface area contributed by atoms with Crippen molar-refractivity contribution in [1.29, 1.82) is 0 Å². The van der Waals surface area contributed by atoms with E-state index in [2.05, 4.69) is 56.2 Å². The van der Waals surface area contributed by atoms with Gasteiger partial charge in [0.15, 0.2) is 0 Å². The number of hydrogen-bond donors (Lipinski definition) is 1. The highest BCUT2D eigenvalue weighted by Gasteiger charge is 2.13. The fourth-order valence-electron chi connectivity index (χ4n) is 2.18. The Kier molecular flexibility index (Phi) is 5.75. The van der Waals surface area contributed by atoms with Crippen molar-refractivity contribution in [1.82, 2.24) is 5.32 Å². The quantitative estimate of drug-likeness (QED) is 0.723. The first-order chi connectivity index (χ1) is 9.60. The lowest BCUT2D eigenvalue weighted by Gasteiger charge is -2.19. The van der Waals surface area contributed by atoms with Gasteiger partial charge in [0.05, 0.1) is 4.47 Å². The Balaban J connectivity index is 2.24. The average Bonchev–Trinajstić information content (AvgIpc) is 2.41. The minimum absolute atomic E-state index is 0.172. The van der Waals surface area contributed by atoms with Crippen LogP contribution in [0.15, 0.2) is 51.4 Å². The lowest BCUT2D eigenvalue weighted by Crippen LogP contribution is -2.23. The predicted octanol–water partition coefficient (Wildman–Crippen LogP) is 5.24. The molecule has 0 aliphatic heterocycles. The second-order valence-corrected chi connectivity index (χ2v) is 6.39. The van der Waals surface area contributed by atoms with E-state index < -0.39 is 0 Å². The van der Waals surface area contributed by atoms with Crippen molar-refractivity contribution in [3.8, 4) is 0 Å². The minimum Gasteiger partial charge on any atom is -0.310 e. The largest absolute Gasteiger partial charge is 0.310 e. The standard InChI is InChI=1S/C16H16Br2FN/c1-2-20-16(9-11-4-3-5-13(17)8-11)12-6-7-15(19)14(18)10-12/h3-8,10,16,20H,2,9H2,1H3. The lowest BCUT2D eigenvalue weighted by molar-refractivity contribution is 0.546. The van der Waals surface area contributed by atoms with Crippen LogP contribution in [0, 0.1) is 5.82 Å². The van der Waals surface area contributed by atoms with Gasteiger partial charge in [0.25, 0.3) is 0 Å². The van der Waals surface area contributed by atoms with Crippen LogP contribution in [0.3, 0.4) is 0 Å². The van der Waals surface area contributed by atoms with Crippen molar-refractivity contribution in [2.75, 3.05) is 6.54 Å². The molecule has 0 saturated carbocycles. The lowest BCUT2D eigenvalue weighted by atomic mass is 9.99. The molecule has 106 valence electrons. The van der Waals surface area contributed by atoms with Crippen molar-refractivity contribution in [2.24, 2.45) is 0 Å². The molecule has 4 heteroatoms. The molecule has 0 fully saturated rings. The van der Waals surface area contributed by atoms with Crippen molar-refractivity contribution in [3.63, 3.8) is 0 Å². The number of hydrogen-bond acceptors (Lipinski definition) is 1. The Morgan fingerprint density at radius 1 is 1.15 bits per heavy atom. The smallest absolute Gasteiger partial charge is 0.137 e. The summed E-state index contributed by atoms with van der Waals surface area (Å²) in [6.07, 6.45) is 0.866. The summed E-state index contributed by atoms with van der Waals surface area (Å²) in [5.41, 5.74) is 2.32. The third kappa shape index (κ3) is 4.14. The molecule has 20 heavy (non-hydrogen) atoms. The summed E-state index contributed by atoms with van der Waals surface area (Å²) in [5, 5.41) is 3.45. The average molecular weight is 401 g/mol. The molecule has 0 aromatic heterocycles. The van der Waals surface area contributed by atoms with Gasteiger partial charge in [-0.2, -0.15) is 0 Å². The molecule has 2 aromatic rings. The SMILES string of the molecule is CCNC(Cc1cccc(Br)c1)c1ccc(F)c(Br)c1. The Morgan fingerprint density at radius 2 is 1.95 bits per heavy atom. The van der Waals surface area contributed by atoms with E-state index in [0.717, 1.165) is 23.0 Å². The van der Waals surface area contributed by atoms with Crippen molar-refractivity contribution in [2.45, 2.75) is 19.4 Å². The highest BCUT2D eigenvalue weighted by Crippen LogP contribution is 2.25. The summed E-state index contributed by atoms with van der Waals surface area (Å²) in [5.74, 6) is -0.230. The van der Waals surface area contributed by atoms with E-state index in [1.54, 1.807) is 0 Å². The van der Waals surface area contributed by atoms with Crippen LogP contribution >= 0.6 is 31.9 Å². The molecule has 0 aliphatic carbocycles. The van der Waals surface area contributed by atoms with E-state index in [9.17, 15) is 4.39 Å². The molecule has 0 bridgehead atoms. The van der Waals surface area contributed by atoms with Crippen LogP contribution in [0.5, 0.6) is 0 Å². The molecule has 1 N–H and O–H groups in total. The first-order valence-corrected chi connectivity index (χ1v) is 8.11. The molecule has 1 nitrogen and oxygen atoms in total. The molecule has 0 spiro atoms. The molecular weight excluding hydrogens is 385 g/mol. The van der Waals surface area contributed by atoms with E-state index in [1.165, 1.54) is 11.6 Å². The molecule has 1 atom stereocenters. The fourth-order valence-corrected chi connectivity index (χ4v) is 3.03. The van der Waals surface area contributed by atoms with Crippen molar-refractivity contribution < 1.29 is 4.39 Å². The molecule has 0 heterocycles. The van der Waals surface area contributed by atoms with Crippen LogP contribution in [0.2, 0.25) is 0 Å². The topological polar surface area (TPSA) is 12.0 Å². The highest BCUT2D eigenvalue weighted by molar-refractivity contribution is 9.10. The van der Waals surface area contributed by atoms with Gasteiger partial charge >= 0.3 is 0 Å². The molecule has 0 radical (unpaired) electrons. The van der Waals surface area contributed by atoms with Crippen LogP contribution in [0.4, 0.5) is 4.39 Å². The summed E-state index contributed by atoms with van der Waals surface area (Å²) >= 11 is 6.74.